The van der Waals surface area contributed by atoms with Crippen LogP contribution in [0, 0.1) is 5.21 Å². The minimum absolute atomic E-state index is 0.669. The zero-order valence-electron chi connectivity index (χ0n) is 11.7. The third-order valence-electron chi connectivity index (χ3n) is 3.90. The van der Waals surface area contributed by atoms with Gasteiger partial charge in [0, 0.05) is 34.0 Å². The molecule has 4 nitrogen and oxygen atoms in total. The highest BCUT2D eigenvalue weighted by molar-refractivity contribution is 6.30. The van der Waals surface area contributed by atoms with E-state index < -0.39 is 0 Å². The predicted octanol–water partition coefficient (Wildman–Crippen LogP) is 3.20. The SMILES string of the molecule is [O-][n+]1ccc2c(c1)CCc1cnc(-c3ccc(Cl)cc3)nc1-2. The molecule has 0 saturated heterocycles. The number of hydrogen-bond acceptors (Lipinski definition) is 3. The molecule has 1 aliphatic rings. The van der Waals surface area contributed by atoms with E-state index in [2.05, 4.69) is 4.98 Å². The number of rotatable bonds is 1. The van der Waals surface area contributed by atoms with Gasteiger partial charge in [-0.25, -0.2) is 9.97 Å². The summed E-state index contributed by atoms with van der Waals surface area (Å²) in [5.74, 6) is 0.669. The molecule has 2 heterocycles. The van der Waals surface area contributed by atoms with Crippen molar-refractivity contribution in [1.29, 1.82) is 0 Å². The highest BCUT2D eigenvalue weighted by atomic mass is 35.5. The van der Waals surface area contributed by atoms with Crippen LogP contribution in [-0.2, 0) is 12.8 Å². The molecule has 0 aliphatic heterocycles. The number of hydrogen-bond donors (Lipinski definition) is 0. The van der Waals surface area contributed by atoms with Crippen LogP contribution < -0.4 is 4.73 Å². The Labute approximate surface area is 132 Å². The van der Waals surface area contributed by atoms with Crippen LogP contribution >= 0.6 is 11.6 Å². The maximum Gasteiger partial charge on any atom is 0.184 e. The molecule has 2 aromatic heterocycles. The average molecular weight is 310 g/mol. The third kappa shape index (κ3) is 2.22. The summed E-state index contributed by atoms with van der Waals surface area (Å²) in [5.41, 5.74) is 5.02. The van der Waals surface area contributed by atoms with E-state index in [-0.39, 0.29) is 0 Å². The Balaban J connectivity index is 1.85. The van der Waals surface area contributed by atoms with E-state index in [4.69, 9.17) is 16.6 Å². The van der Waals surface area contributed by atoms with Crippen molar-refractivity contribution in [1.82, 2.24) is 9.97 Å². The number of nitrogens with zero attached hydrogens (tertiary/aromatic N) is 3. The highest BCUT2D eigenvalue weighted by Gasteiger charge is 2.20. The first-order chi connectivity index (χ1) is 10.7. The molecule has 0 radical (unpaired) electrons. The van der Waals surface area contributed by atoms with Crippen LogP contribution in [0.25, 0.3) is 22.6 Å². The molecule has 0 N–H and O–H groups in total. The van der Waals surface area contributed by atoms with Crippen LogP contribution in [0.5, 0.6) is 0 Å². The second kappa shape index (κ2) is 5.07. The molecule has 22 heavy (non-hydrogen) atoms. The summed E-state index contributed by atoms with van der Waals surface area (Å²) in [5, 5.41) is 12.1. The molecule has 4 rings (SSSR count). The first kappa shape index (κ1) is 13.2. The average Bonchev–Trinajstić information content (AvgIpc) is 2.54. The van der Waals surface area contributed by atoms with Gasteiger partial charge in [0.2, 0.25) is 0 Å². The number of pyridine rings is 1. The van der Waals surface area contributed by atoms with Crippen molar-refractivity contribution in [3.8, 4) is 22.6 Å². The smallest absolute Gasteiger partial charge is 0.184 e. The van der Waals surface area contributed by atoms with Crippen LogP contribution in [0.2, 0.25) is 5.02 Å². The van der Waals surface area contributed by atoms with E-state index in [0.717, 1.165) is 45.5 Å². The molecule has 5 heteroatoms. The predicted molar refractivity (Wildman–Crippen MR) is 84.3 cm³/mol. The van der Waals surface area contributed by atoms with Gasteiger partial charge in [-0.1, -0.05) is 11.6 Å². The number of benzene rings is 1. The fourth-order valence-corrected chi connectivity index (χ4v) is 2.91. The van der Waals surface area contributed by atoms with Crippen molar-refractivity contribution >= 4 is 11.6 Å². The lowest BCUT2D eigenvalue weighted by Crippen LogP contribution is -2.26. The molecule has 0 amide bonds. The van der Waals surface area contributed by atoms with Crippen LogP contribution in [0.1, 0.15) is 11.1 Å². The number of aromatic nitrogens is 3. The topological polar surface area (TPSA) is 52.7 Å². The van der Waals surface area contributed by atoms with Gasteiger partial charge >= 0.3 is 0 Å². The molecule has 3 aromatic rings. The standard InChI is InChI=1S/C17H12ClN3O/c18-14-5-3-11(4-6-14)17-19-9-12-1-2-13-10-21(22)8-7-15(13)16(12)20-17/h3-10H,1-2H2. The zero-order valence-corrected chi connectivity index (χ0v) is 12.4. The summed E-state index contributed by atoms with van der Waals surface area (Å²) in [4.78, 5) is 9.18. The Morgan fingerprint density at radius 2 is 1.82 bits per heavy atom. The molecule has 0 bridgehead atoms. The van der Waals surface area contributed by atoms with E-state index in [9.17, 15) is 5.21 Å². The lowest BCUT2D eigenvalue weighted by atomic mass is 9.91. The number of fused-ring (bicyclic) bond motifs is 3. The van der Waals surface area contributed by atoms with Crippen LogP contribution in [0.4, 0.5) is 0 Å². The minimum atomic E-state index is 0.669. The van der Waals surface area contributed by atoms with Crippen molar-refractivity contribution < 1.29 is 4.73 Å². The molecular formula is C17H12ClN3O. The Morgan fingerprint density at radius 1 is 1.05 bits per heavy atom. The van der Waals surface area contributed by atoms with Crippen LogP contribution in [-0.4, -0.2) is 9.97 Å². The molecule has 0 spiro atoms. The summed E-state index contributed by atoms with van der Waals surface area (Å²) < 4.78 is 0.838. The Bertz CT molecular complexity index is 862. The quantitative estimate of drug-likeness (QED) is 0.512. The van der Waals surface area contributed by atoms with Gasteiger partial charge in [0.05, 0.1) is 5.69 Å². The monoisotopic (exact) mass is 309 g/mol. The molecule has 1 aliphatic carbocycles. The first-order valence-corrected chi connectivity index (χ1v) is 7.42. The molecule has 108 valence electrons. The zero-order chi connectivity index (χ0) is 15.1. The van der Waals surface area contributed by atoms with Crippen LogP contribution in [0.15, 0.2) is 48.9 Å². The van der Waals surface area contributed by atoms with Gasteiger partial charge in [0.25, 0.3) is 0 Å². The molecule has 1 aromatic carbocycles. The Hall–Kier alpha value is -2.46. The fourth-order valence-electron chi connectivity index (χ4n) is 2.78. The Morgan fingerprint density at radius 3 is 2.64 bits per heavy atom. The van der Waals surface area contributed by atoms with Gasteiger partial charge in [-0.2, -0.15) is 4.73 Å². The fraction of sp³-hybridized carbons (Fsp3) is 0.118. The third-order valence-corrected chi connectivity index (χ3v) is 4.15. The van der Waals surface area contributed by atoms with Gasteiger partial charge in [-0.05, 0) is 42.7 Å². The van der Waals surface area contributed by atoms with Gasteiger partial charge in [-0.3, -0.25) is 0 Å². The van der Waals surface area contributed by atoms with E-state index in [1.54, 1.807) is 6.20 Å². The van der Waals surface area contributed by atoms with Gasteiger partial charge in [0.1, 0.15) is 0 Å². The maximum absolute atomic E-state index is 11.4. The van der Waals surface area contributed by atoms with Crippen molar-refractivity contribution in [2.24, 2.45) is 0 Å². The highest BCUT2D eigenvalue weighted by Crippen LogP contribution is 2.32. The van der Waals surface area contributed by atoms with Gasteiger partial charge < -0.3 is 5.21 Å². The maximum atomic E-state index is 11.4. The van der Waals surface area contributed by atoms with E-state index in [1.807, 2.05) is 36.5 Å². The molecule has 0 unspecified atom stereocenters. The number of aryl methyl sites for hydroxylation is 2. The summed E-state index contributed by atoms with van der Waals surface area (Å²) in [7, 11) is 0. The van der Waals surface area contributed by atoms with Crippen molar-refractivity contribution in [2.45, 2.75) is 12.8 Å². The Kier molecular flexibility index (Phi) is 3.05. The van der Waals surface area contributed by atoms with Crippen molar-refractivity contribution in [3.63, 3.8) is 0 Å². The lowest BCUT2D eigenvalue weighted by molar-refractivity contribution is -0.605. The van der Waals surface area contributed by atoms with Gasteiger partial charge in [0.15, 0.2) is 18.2 Å². The van der Waals surface area contributed by atoms with Crippen LogP contribution in [0.3, 0.4) is 0 Å². The van der Waals surface area contributed by atoms with E-state index in [0.29, 0.717) is 10.8 Å². The van der Waals surface area contributed by atoms with E-state index in [1.165, 1.54) is 6.20 Å². The minimum Gasteiger partial charge on any atom is -0.619 e. The molecule has 0 atom stereocenters. The molecule has 0 saturated carbocycles. The number of halogens is 1. The molecular weight excluding hydrogens is 298 g/mol. The normalized spacial score (nSPS) is 12.6. The first-order valence-electron chi connectivity index (χ1n) is 7.04. The second-order valence-electron chi connectivity index (χ2n) is 5.32. The lowest BCUT2D eigenvalue weighted by Gasteiger charge is -2.18. The summed E-state index contributed by atoms with van der Waals surface area (Å²) >= 11 is 5.92. The van der Waals surface area contributed by atoms with Gasteiger partial charge in [-0.15, -0.1) is 0 Å². The largest absolute Gasteiger partial charge is 0.619 e. The summed E-state index contributed by atoms with van der Waals surface area (Å²) in [6, 6.07) is 9.30. The summed E-state index contributed by atoms with van der Waals surface area (Å²) in [6.45, 7) is 0. The van der Waals surface area contributed by atoms with Crippen molar-refractivity contribution in [3.05, 3.63) is 70.3 Å². The van der Waals surface area contributed by atoms with Crippen molar-refractivity contribution in [2.75, 3.05) is 0 Å². The summed E-state index contributed by atoms with van der Waals surface area (Å²) in [6.07, 6.45) is 6.72. The second-order valence-corrected chi connectivity index (χ2v) is 5.75. The van der Waals surface area contributed by atoms with E-state index >= 15 is 0 Å². The molecule has 0 fully saturated rings.